The van der Waals surface area contributed by atoms with Crippen LogP contribution in [0.4, 0.5) is 8.78 Å². The normalized spacial score (nSPS) is 23.9. The van der Waals surface area contributed by atoms with Crippen LogP contribution in [0.15, 0.2) is 18.5 Å². The summed E-state index contributed by atoms with van der Waals surface area (Å²) in [6.07, 6.45) is 8.17. The van der Waals surface area contributed by atoms with E-state index in [0.717, 1.165) is 43.6 Å². The third-order valence-corrected chi connectivity index (χ3v) is 9.38. The van der Waals surface area contributed by atoms with E-state index in [0.29, 0.717) is 50.3 Å². The van der Waals surface area contributed by atoms with Crippen molar-refractivity contribution in [1.82, 2.24) is 40.0 Å². The van der Waals surface area contributed by atoms with Gasteiger partial charge in [-0.1, -0.05) is 0 Å². The molecule has 2 amide bonds. The predicted molar refractivity (Wildman–Crippen MR) is 164 cm³/mol. The molecule has 3 fully saturated rings. The summed E-state index contributed by atoms with van der Waals surface area (Å²) in [5, 5.41) is 14.7. The third kappa shape index (κ3) is 8.03. The number of imidazole rings is 1. The fourth-order valence-electron chi connectivity index (χ4n) is 6.89. The van der Waals surface area contributed by atoms with E-state index >= 15 is 0 Å². The van der Waals surface area contributed by atoms with Crippen molar-refractivity contribution >= 4 is 18.1 Å². The number of rotatable bonds is 8. The molecule has 2 saturated heterocycles. The van der Waals surface area contributed by atoms with Crippen LogP contribution in [-0.2, 0) is 27.3 Å². The Morgan fingerprint density at radius 3 is 2.60 bits per heavy atom. The van der Waals surface area contributed by atoms with Gasteiger partial charge in [0.05, 0.1) is 34.9 Å². The summed E-state index contributed by atoms with van der Waals surface area (Å²) in [6, 6.07) is 1.51. The van der Waals surface area contributed by atoms with Crippen molar-refractivity contribution in [2.24, 2.45) is 11.8 Å². The Morgan fingerprint density at radius 2 is 1.98 bits per heavy atom. The molecule has 0 radical (unpaired) electrons. The maximum absolute atomic E-state index is 13.8. The molecule has 13 heteroatoms. The zero-order valence-corrected chi connectivity index (χ0v) is 26.8. The number of aromatic nitrogens is 6. The van der Waals surface area contributed by atoms with Gasteiger partial charge >= 0.3 is 0 Å². The van der Waals surface area contributed by atoms with Crippen LogP contribution in [0.2, 0.25) is 0 Å². The van der Waals surface area contributed by atoms with Gasteiger partial charge in [0.15, 0.2) is 0 Å². The lowest BCUT2D eigenvalue weighted by molar-refractivity contribution is -0.126. The number of piperidine rings is 1. The summed E-state index contributed by atoms with van der Waals surface area (Å²) in [5.74, 6) is -2.39. The van der Waals surface area contributed by atoms with Gasteiger partial charge in [-0.2, -0.15) is 10.2 Å². The van der Waals surface area contributed by atoms with Crippen molar-refractivity contribution < 1.29 is 23.1 Å². The van der Waals surface area contributed by atoms with E-state index in [4.69, 9.17) is 19.8 Å². The van der Waals surface area contributed by atoms with Gasteiger partial charge in [-0.15, -0.1) is 0 Å². The quantitative estimate of drug-likeness (QED) is 0.347. The average Bonchev–Trinajstić information content (AvgIpc) is 3.61. The number of alkyl halides is 2. The first kappa shape index (κ1) is 32.9. The maximum Gasteiger partial charge on any atom is 0.251 e. The second-order valence-corrected chi connectivity index (χ2v) is 13.2. The summed E-state index contributed by atoms with van der Waals surface area (Å²) < 4.78 is 37.0. The van der Waals surface area contributed by atoms with E-state index in [2.05, 4.69) is 43.4 Å². The molecule has 3 aromatic heterocycles. The topological polar surface area (TPSA) is 128 Å². The van der Waals surface area contributed by atoms with Crippen molar-refractivity contribution in [3.8, 4) is 0 Å². The Kier molecular flexibility index (Phi) is 10.1. The number of hydrogen-bond donors (Lipinski definition) is 2. The number of ether oxygens (including phenoxy) is 1. The van der Waals surface area contributed by atoms with Crippen molar-refractivity contribution in [2.75, 3.05) is 13.2 Å². The van der Waals surface area contributed by atoms with Crippen LogP contribution in [0.1, 0.15) is 107 Å². The highest BCUT2D eigenvalue weighted by molar-refractivity contribution is 5.79. The van der Waals surface area contributed by atoms with Gasteiger partial charge in [-0.3, -0.25) is 14.3 Å². The van der Waals surface area contributed by atoms with Gasteiger partial charge in [0.1, 0.15) is 0 Å². The van der Waals surface area contributed by atoms with Crippen LogP contribution < -0.4 is 10.6 Å². The predicted octanol–water partition coefficient (Wildman–Crippen LogP) is 4.69. The lowest BCUT2D eigenvalue weighted by Gasteiger charge is -2.35. The summed E-state index contributed by atoms with van der Waals surface area (Å²) in [4.78, 5) is 33.6. The van der Waals surface area contributed by atoms with Gasteiger partial charge in [-0.25, -0.2) is 23.3 Å². The van der Waals surface area contributed by atoms with Crippen LogP contribution in [0.25, 0.3) is 5.78 Å². The molecule has 1 aliphatic carbocycles. The van der Waals surface area contributed by atoms with E-state index in [1.165, 1.54) is 5.69 Å². The zero-order valence-electron chi connectivity index (χ0n) is 26.8. The number of halogens is 2. The van der Waals surface area contributed by atoms with Crippen LogP contribution >= 0.6 is 0 Å². The Balaban J connectivity index is 0.000000436. The number of nitrogens with one attached hydrogen (secondary N) is 2. The first-order valence-corrected chi connectivity index (χ1v) is 16.2. The number of hydrogen-bond acceptors (Lipinski definition) is 7. The Morgan fingerprint density at radius 1 is 1.20 bits per heavy atom. The summed E-state index contributed by atoms with van der Waals surface area (Å²) in [7, 11) is 0. The lowest BCUT2D eigenvalue weighted by Crippen LogP contribution is -2.38. The molecular weight excluding hydrogens is 582 g/mol. The molecule has 3 atom stereocenters. The number of amides is 2. The molecule has 0 spiro atoms. The summed E-state index contributed by atoms with van der Waals surface area (Å²) >= 11 is 0. The van der Waals surface area contributed by atoms with Crippen molar-refractivity contribution in [2.45, 2.75) is 116 Å². The number of fused-ring (bicyclic) bond motifs is 1. The van der Waals surface area contributed by atoms with E-state index in [9.17, 15) is 18.4 Å². The van der Waals surface area contributed by atoms with E-state index in [-0.39, 0.29) is 42.1 Å². The molecule has 3 aliphatic rings. The molecule has 6 rings (SSSR count). The van der Waals surface area contributed by atoms with E-state index < -0.39 is 12.0 Å². The van der Waals surface area contributed by atoms with E-state index in [1.807, 2.05) is 16.9 Å². The van der Waals surface area contributed by atoms with Crippen LogP contribution in [0, 0.1) is 18.8 Å². The molecule has 0 bridgehead atoms. The first-order chi connectivity index (χ1) is 21.5. The monoisotopic (exact) mass is 628 g/mol. The Bertz CT molecular complexity index is 1460. The minimum Gasteiger partial charge on any atom is -0.376 e. The standard InChI is InChI=1S/C26H36F2N6O3.C6H10N2/c1-25(2)13-18(7-11-37-25)22-19(12-17-4-3-10-29-23(17)36)33-34-14-20(31-24(34)32-22)21(30-15-35)16-5-8-26(27,28)9-6-16;1-3-8-6(2)4-5-7-8/h14-18,21H,3-13H2,1-2H3,(H,29,36)(H,30,35);4-5H,3H2,1-2H3/t17-,18?,21?;/m1./s1. The molecule has 0 aromatic carbocycles. The van der Waals surface area contributed by atoms with Crippen molar-refractivity contribution in [1.29, 1.82) is 0 Å². The van der Waals surface area contributed by atoms with Gasteiger partial charge in [0.2, 0.25) is 18.2 Å². The average molecular weight is 629 g/mol. The lowest BCUT2D eigenvalue weighted by atomic mass is 9.81. The largest absolute Gasteiger partial charge is 0.376 e. The van der Waals surface area contributed by atoms with Crippen LogP contribution in [0.5, 0.6) is 0 Å². The minimum atomic E-state index is -2.66. The van der Waals surface area contributed by atoms with Crippen molar-refractivity contribution in [3.05, 3.63) is 41.2 Å². The highest BCUT2D eigenvalue weighted by atomic mass is 19.3. The summed E-state index contributed by atoms with van der Waals surface area (Å²) in [6.45, 7) is 10.6. The van der Waals surface area contributed by atoms with Gasteiger partial charge in [0, 0.05) is 62.7 Å². The third-order valence-electron chi connectivity index (χ3n) is 9.38. The second kappa shape index (κ2) is 13.9. The second-order valence-electron chi connectivity index (χ2n) is 13.2. The number of nitrogens with zero attached hydrogens (tertiary/aromatic N) is 6. The highest BCUT2D eigenvalue weighted by Gasteiger charge is 2.39. The van der Waals surface area contributed by atoms with Crippen LogP contribution in [0.3, 0.4) is 0 Å². The molecule has 2 aliphatic heterocycles. The minimum absolute atomic E-state index is 0.0436. The Labute approximate surface area is 262 Å². The number of carbonyl (C=O) groups is 2. The molecular formula is C32H46F2N8O3. The van der Waals surface area contributed by atoms with Gasteiger partial charge < -0.3 is 15.4 Å². The first-order valence-electron chi connectivity index (χ1n) is 16.2. The molecule has 11 nitrogen and oxygen atoms in total. The number of aryl methyl sites for hydroxylation is 2. The molecule has 2 unspecified atom stereocenters. The summed E-state index contributed by atoms with van der Waals surface area (Å²) in [5.41, 5.74) is 3.12. The number of carbonyl (C=O) groups excluding carboxylic acids is 2. The van der Waals surface area contributed by atoms with Gasteiger partial charge in [0.25, 0.3) is 5.78 Å². The smallest absolute Gasteiger partial charge is 0.251 e. The fourth-order valence-corrected chi connectivity index (χ4v) is 6.89. The molecule has 2 N–H and O–H groups in total. The highest BCUT2D eigenvalue weighted by Crippen LogP contribution is 2.41. The van der Waals surface area contributed by atoms with Crippen LogP contribution in [-0.4, -0.2) is 66.4 Å². The van der Waals surface area contributed by atoms with Gasteiger partial charge in [-0.05, 0) is 78.2 Å². The van der Waals surface area contributed by atoms with E-state index in [1.54, 1.807) is 10.7 Å². The molecule has 246 valence electrons. The molecule has 3 aromatic rings. The molecule has 5 heterocycles. The molecule has 1 saturated carbocycles. The molecule has 45 heavy (non-hydrogen) atoms. The fraction of sp³-hybridized carbons (Fsp3) is 0.688. The Hall–Kier alpha value is -3.48. The maximum atomic E-state index is 13.8. The SMILES string of the molecule is CC1(C)CC(c2nc3nc(C(NC=O)C4CCC(F)(F)CC4)cn3nc2C[C@H]2CCCNC2=O)CCO1.CCn1nccc1C. The zero-order chi connectivity index (χ0) is 32.2. The van der Waals surface area contributed by atoms with Crippen molar-refractivity contribution in [3.63, 3.8) is 0 Å².